The van der Waals surface area contributed by atoms with Crippen molar-refractivity contribution in [1.82, 2.24) is 24.7 Å². The largest absolute Gasteiger partial charge is 0.334 e. The van der Waals surface area contributed by atoms with Gasteiger partial charge in [0.25, 0.3) is 5.95 Å². The number of carbonyl (C=O) groups excluding carboxylic acids is 1. The first-order chi connectivity index (χ1) is 12.3. The number of halogens is 1. The van der Waals surface area contributed by atoms with E-state index >= 15 is 0 Å². The van der Waals surface area contributed by atoms with Gasteiger partial charge in [0.1, 0.15) is 5.82 Å². The van der Waals surface area contributed by atoms with Crippen molar-refractivity contribution in [3.05, 3.63) is 47.5 Å². The van der Waals surface area contributed by atoms with Gasteiger partial charge in [-0.15, -0.1) is 10.2 Å². The molecule has 3 N–H and O–H groups in total. The Bertz CT molecular complexity index is 952. The van der Waals surface area contributed by atoms with Crippen LogP contribution >= 0.6 is 11.8 Å². The summed E-state index contributed by atoms with van der Waals surface area (Å²) in [6.07, 6.45) is 0. The van der Waals surface area contributed by atoms with Gasteiger partial charge in [0, 0.05) is 11.4 Å². The molecule has 3 rings (SSSR count). The Hall–Kier alpha value is -2.88. The molecule has 0 bridgehead atoms. The van der Waals surface area contributed by atoms with Crippen LogP contribution in [0.3, 0.4) is 0 Å². The Morgan fingerprint density at radius 3 is 2.73 bits per heavy atom. The van der Waals surface area contributed by atoms with Crippen molar-refractivity contribution in [2.24, 2.45) is 0 Å². The summed E-state index contributed by atoms with van der Waals surface area (Å²) in [6, 6.07) is 7.61. The van der Waals surface area contributed by atoms with E-state index in [1.807, 2.05) is 19.9 Å². The molecule has 3 aromatic rings. The Labute approximate surface area is 153 Å². The smallest absolute Gasteiger partial charge is 0.271 e. The van der Waals surface area contributed by atoms with Gasteiger partial charge in [-0.25, -0.2) is 13.7 Å². The second kappa shape index (κ2) is 7.16. The number of carbonyl (C=O) groups is 1. The number of hydrogen-bond donors (Lipinski definition) is 2. The van der Waals surface area contributed by atoms with Gasteiger partial charge in [-0.1, -0.05) is 17.8 Å². The summed E-state index contributed by atoms with van der Waals surface area (Å²) >= 11 is 1.15. The molecule has 0 spiro atoms. The maximum atomic E-state index is 13.2. The number of nitrogen functional groups attached to an aromatic ring is 1. The molecular weight excluding hydrogens is 357 g/mol. The lowest BCUT2D eigenvalue weighted by atomic mass is 10.3. The van der Waals surface area contributed by atoms with E-state index in [1.165, 1.54) is 22.9 Å². The molecule has 136 valence electrons. The van der Waals surface area contributed by atoms with Crippen LogP contribution in [-0.4, -0.2) is 35.8 Å². The van der Waals surface area contributed by atoms with Crippen LogP contribution < -0.4 is 11.2 Å². The van der Waals surface area contributed by atoms with E-state index in [9.17, 15) is 9.18 Å². The summed E-state index contributed by atoms with van der Waals surface area (Å²) in [5, 5.41) is 14.9. The van der Waals surface area contributed by atoms with Crippen LogP contribution in [0.15, 0.2) is 35.5 Å². The first-order valence-corrected chi connectivity index (χ1v) is 8.70. The van der Waals surface area contributed by atoms with E-state index in [2.05, 4.69) is 20.6 Å². The van der Waals surface area contributed by atoms with Crippen LogP contribution in [0.25, 0.3) is 5.95 Å². The molecule has 0 saturated carbocycles. The average molecular weight is 375 g/mol. The normalized spacial score (nSPS) is 12.2. The second-order valence-corrected chi connectivity index (χ2v) is 7.06. The fourth-order valence-electron chi connectivity index (χ4n) is 2.35. The lowest BCUT2D eigenvalue weighted by molar-refractivity contribution is -0.115. The highest BCUT2D eigenvalue weighted by molar-refractivity contribution is 8.00. The van der Waals surface area contributed by atoms with Gasteiger partial charge >= 0.3 is 0 Å². The maximum absolute atomic E-state index is 13.2. The molecular formula is C16H18FN7OS. The first-order valence-electron chi connectivity index (χ1n) is 7.82. The fraction of sp³-hybridized carbons (Fsp3) is 0.250. The molecule has 0 saturated heterocycles. The molecule has 26 heavy (non-hydrogen) atoms. The Morgan fingerprint density at radius 2 is 2.08 bits per heavy atom. The summed E-state index contributed by atoms with van der Waals surface area (Å²) in [4.78, 5) is 12.3. The number of rotatable bonds is 5. The molecule has 0 radical (unpaired) electrons. The summed E-state index contributed by atoms with van der Waals surface area (Å²) in [7, 11) is 0. The van der Waals surface area contributed by atoms with Gasteiger partial charge in [0.05, 0.1) is 10.9 Å². The molecule has 0 fully saturated rings. The number of hydrogen-bond acceptors (Lipinski definition) is 6. The summed E-state index contributed by atoms with van der Waals surface area (Å²) in [5.41, 5.74) is 2.09. The van der Waals surface area contributed by atoms with Crippen LogP contribution in [0.4, 0.5) is 10.1 Å². The highest BCUT2D eigenvalue weighted by atomic mass is 32.2. The summed E-state index contributed by atoms with van der Waals surface area (Å²) < 4.78 is 16.1. The van der Waals surface area contributed by atoms with Crippen LogP contribution in [0.1, 0.15) is 18.3 Å². The molecule has 1 atom stereocenters. The van der Waals surface area contributed by atoms with Crippen molar-refractivity contribution in [2.75, 3.05) is 11.2 Å². The Morgan fingerprint density at radius 1 is 1.31 bits per heavy atom. The predicted molar refractivity (Wildman–Crippen MR) is 97.1 cm³/mol. The lowest BCUT2D eigenvalue weighted by Crippen LogP contribution is -2.24. The molecule has 1 unspecified atom stereocenters. The maximum Gasteiger partial charge on any atom is 0.271 e. The van der Waals surface area contributed by atoms with Gasteiger partial charge in [-0.05, 0) is 45.0 Å². The number of benzene rings is 1. The van der Waals surface area contributed by atoms with Crippen LogP contribution in [0.5, 0.6) is 0 Å². The second-order valence-electron chi connectivity index (χ2n) is 5.75. The van der Waals surface area contributed by atoms with Crippen molar-refractivity contribution < 1.29 is 9.18 Å². The minimum Gasteiger partial charge on any atom is -0.334 e. The third-order valence-electron chi connectivity index (χ3n) is 3.59. The van der Waals surface area contributed by atoms with E-state index in [0.29, 0.717) is 16.8 Å². The van der Waals surface area contributed by atoms with Crippen molar-refractivity contribution in [3.8, 4) is 5.95 Å². The van der Waals surface area contributed by atoms with Crippen LogP contribution in [0.2, 0.25) is 0 Å². The number of nitrogens with two attached hydrogens (primary N) is 1. The number of nitrogens with zero attached hydrogens (tertiary/aromatic N) is 5. The van der Waals surface area contributed by atoms with E-state index in [0.717, 1.165) is 23.1 Å². The quantitative estimate of drug-likeness (QED) is 0.523. The molecule has 10 heteroatoms. The standard InChI is InChI=1S/C16H18FN7OS/c1-9-7-10(2)24(22-9)15-20-21-16(23(15)18)26-11(3)14(25)19-13-6-4-5-12(17)8-13/h4-8,11H,18H2,1-3H3,(H,19,25). The Kier molecular flexibility index (Phi) is 4.94. The summed E-state index contributed by atoms with van der Waals surface area (Å²) in [5.74, 6) is 5.71. The van der Waals surface area contributed by atoms with Gasteiger partial charge in [0.15, 0.2) is 0 Å². The number of aromatic nitrogens is 5. The molecule has 2 heterocycles. The van der Waals surface area contributed by atoms with E-state index in [-0.39, 0.29) is 5.91 Å². The zero-order valence-corrected chi connectivity index (χ0v) is 15.3. The van der Waals surface area contributed by atoms with Crippen LogP contribution in [-0.2, 0) is 4.79 Å². The van der Waals surface area contributed by atoms with Gasteiger partial charge in [-0.2, -0.15) is 5.10 Å². The molecule has 1 amide bonds. The highest BCUT2D eigenvalue weighted by Crippen LogP contribution is 2.23. The highest BCUT2D eigenvalue weighted by Gasteiger charge is 2.21. The van der Waals surface area contributed by atoms with Gasteiger partial charge in [-0.3, -0.25) is 4.79 Å². The van der Waals surface area contributed by atoms with Crippen molar-refractivity contribution >= 4 is 23.4 Å². The number of thioether (sulfide) groups is 1. The van der Waals surface area contributed by atoms with Crippen molar-refractivity contribution in [2.45, 2.75) is 31.2 Å². The number of anilines is 1. The number of aryl methyl sites for hydroxylation is 2. The van der Waals surface area contributed by atoms with Crippen LogP contribution in [0, 0.1) is 19.7 Å². The fourth-order valence-corrected chi connectivity index (χ4v) is 3.11. The number of nitrogens with one attached hydrogen (secondary N) is 1. The first kappa shape index (κ1) is 17.9. The van der Waals surface area contributed by atoms with Gasteiger partial charge < -0.3 is 11.2 Å². The molecule has 0 aliphatic rings. The van der Waals surface area contributed by atoms with E-state index < -0.39 is 11.1 Å². The third kappa shape index (κ3) is 3.69. The topological polar surface area (TPSA) is 104 Å². The molecule has 0 aliphatic heterocycles. The van der Waals surface area contributed by atoms with Crippen molar-refractivity contribution in [1.29, 1.82) is 0 Å². The number of amides is 1. The average Bonchev–Trinajstić information content (AvgIpc) is 3.09. The minimum absolute atomic E-state index is 0.295. The van der Waals surface area contributed by atoms with E-state index in [4.69, 9.17) is 5.84 Å². The molecule has 8 nitrogen and oxygen atoms in total. The van der Waals surface area contributed by atoms with E-state index in [1.54, 1.807) is 17.7 Å². The summed E-state index contributed by atoms with van der Waals surface area (Å²) in [6.45, 7) is 5.46. The lowest BCUT2D eigenvalue weighted by Gasteiger charge is -2.11. The third-order valence-corrected chi connectivity index (χ3v) is 4.65. The zero-order valence-electron chi connectivity index (χ0n) is 14.5. The Balaban J connectivity index is 1.72. The predicted octanol–water partition coefficient (Wildman–Crippen LogP) is 2.05. The van der Waals surface area contributed by atoms with Gasteiger partial charge in [0.2, 0.25) is 11.1 Å². The monoisotopic (exact) mass is 375 g/mol. The zero-order chi connectivity index (χ0) is 18.8. The van der Waals surface area contributed by atoms with Crippen molar-refractivity contribution in [3.63, 3.8) is 0 Å². The molecule has 2 aromatic heterocycles. The SMILES string of the molecule is Cc1cc(C)n(-c2nnc(SC(C)C(=O)Nc3cccc(F)c3)n2N)n1. The minimum atomic E-state index is -0.516. The molecule has 1 aromatic carbocycles. The molecule has 0 aliphatic carbocycles.